The predicted molar refractivity (Wildman–Crippen MR) is 88.7 cm³/mol. The van der Waals surface area contributed by atoms with Crippen LogP contribution in [0.4, 0.5) is 5.69 Å². The van der Waals surface area contributed by atoms with Crippen molar-refractivity contribution in [3.05, 3.63) is 60.2 Å². The van der Waals surface area contributed by atoms with Gasteiger partial charge in [-0.25, -0.2) is 4.99 Å². The molecule has 4 nitrogen and oxygen atoms in total. The SMILES string of the molecule is COc1cccc(N=C2NN=C(c3ccccc3)CS2)c1. The summed E-state index contributed by atoms with van der Waals surface area (Å²) in [6, 6.07) is 17.8. The van der Waals surface area contributed by atoms with Gasteiger partial charge in [0.2, 0.25) is 0 Å². The van der Waals surface area contributed by atoms with Crippen LogP contribution in [0.5, 0.6) is 5.75 Å². The molecule has 5 heteroatoms. The van der Waals surface area contributed by atoms with Crippen molar-refractivity contribution >= 4 is 28.3 Å². The highest BCUT2D eigenvalue weighted by Crippen LogP contribution is 2.22. The maximum absolute atomic E-state index is 5.19. The lowest BCUT2D eigenvalue weighted by Gasteiger charge is -2.14. The molecule has 0 fully saturated rings. The van der Waals surface area contributed by atoms with E-state index in [1.165, 1.54) is 0 Å². The standard InChI is InChI=1S/C16H15N3OS/c1-20-14-9-5-8-13(10-14)17-16-19-18-15(11-21-16)12-6-3-2-4-7-12/h2-10H,11H2,1H3,(H,17,19). The number of thioether (sulfide) groups is 1. The zero-order valence-corrected chi connectivity index (χ0v) is 12.4. The van der Waals surface area contributed by atoms with Gasteiger partial charge in [0, 0.05) is 11.8 Å². The summed E-state index contributed by atoms with van der Waals surface area (Å²) in [5.41, 5.74) is 6.03. The van der Waals surface area contributed by atoms with Crippen molar-refractivity contribution in [2.75, 3.05) is 12.9 Å². The molecule has 0 atom stereocenters. The number of aliphatic imine (C=N–C) groups is 1. The molecule has 0 spiro atoms. The van der Waals surface area contributed by atoms with Gasteiger partial charge in [-0.2, -0.15) is 5.10 Å². The Morgan fingerprint density at radius 2 is 2.00 bits per heavy atom. The Morgan fingerprint density at radius 1 is 1.14 bits per heavy atom. The Kier molecular flexibility index (Phi) is 4.21. The van der Waals surface area contributed by atoms with Gasteiger partial charge >= 0.3 is 0 Å². The molecule has 1 N–H and O–H groups in total. The smallest absolute Gasteiger partial charge is 0.182 e. The van der Waals surface area contributed by atoms with Gasteiger partial charge in [0.25, 0.3) is 0 Å². The zero-order valence-electron chi connectivity index (χ0n) is 11.6. The number of ether oxygens (including phenoxy) is 1. The summed E-state index contributed by atoms with van der Waals surface area (Å²) in [5, 5.41) is 5.20. The van der Waals surface area contributed by atoms with Gasteiger partial charge in [0.05, 0.1) is 18.5 Å². The molecule has 0 saturated heterocycles. The molecule has 0 aliphatic carbocycles. The summed E-state index contributed by atoms with van der Waals surface area (Å²) in [4.78, 5) is 4.54. The molecule has 0 bridgehead atoms. The zero-order chi connectivity index (χ0) is 14.5. The van der Waals surface area contributed by atoms with Crippen molar-refractivity contribution < 1.29 is 4.74 Å². The van der Waals surface area contributed by atoms with Crippen molar-refractivity contribution in [1.82, 2.24) is 5.43 Å². The average Bonchev–Trinajstić information content (AvgIpc) is 2.56. The number of hydrogen-bond acceptors (Lipinski definition) is 4. The van der Waals surface area contributed by atoms with Gasteiger partial charge in [-0.15, -0.1) is 0 Å². The summed E-state index contributed by atoms with van der Waals surface area (Å²) in [6.45, 7) is 0. The maximum Gasteiger partial charge on any atom is 0.182 e. The summed E-state index contributed by atoms with van der Waals surface area (Å²) in [7, 11) is 1.65. The molecule has 0 saturated carbocycles. The molecule has 3 rings (SSSR count). The predicted octanol–water partition coefficient (Wildman–Crippen LogP) is 3.42. The topological polar surface area (TPSA) is 46.0 Å². The number of nitrogens with one attached hydrogen (secondary N) is 1. The van der Waals surface area contributed by atoms with Crippen LogP contribution < -0.4 is 10.2 Å². The highest BCUT2D eigenvalue weighted by molar-refractivity contribution is 8.14. The Bertz CT molecular complexity index is 683. The largest absolute Gasteiger partial charge is 0.497 e. The molecular weight excluding hydrogens is 282 g/mol. The third-order valence-electron chi connectivity index (χ3n) is 3.02. The maximum atomic E-state index is 5.19. The second-order valence-electron chi connectivity index (χ2n) is 4.44. The molecule has 1 heterocycles. The van der Waals surface area contributed by atoms with E-state index >= 15 is 0 Å². The summed E-state index contributed by atoms with van der Waals surface area (Å²) >= 11 is 1.64. The van der Waals surface area contributed by atoms with Crippen LogP contribution in [-0.2, 0) is 0 Å². The van der Waals surface area contributed by atoms with Gasteiger partial charge in [0.15, 0.2) is 5.17 Å². The molecule has 0 amide bonds. The first-order valence-electron chi connectivity index (χ1n) is 6.59. The van der Waals surface area contributed by atoms with Crippen molar-refractivity contribution in [2.24, 2.45) is 10.1 Å². The van der Waals surface area contributed by atoms with Gasteiger partial charge in [-0.3, -0.25) is 5.43 Å². The Hall–Kier alpha value is -2.27. The van der Waals surface area contributed by atoms with Crippen molar-refractivity contribution in [1.29, 1.82) is 0 Å². The fraction of sp³-hybridized carbons (Fsp3) is 0.125. The minimum atomic E-state index is 0.794. The second kappa shape index (κ2) is 6.45. The number of methoxy groups -OCH3 is 1. The van der Waals surface area contributed by atoms with Gasteiger partial charge in [-0.05, 0) is 17.7 Å². The van der Waals surface area contributed by atoms with E-state index in [2.05, 4.69) is 27.7 Å². The van der Waals surface area contributed by atoms with Crippen molar-refractivity contribution in [2.45, 2.75) is 0 Å². The third-order valence-corrected chi connectivity index (χ3v) is 3.90. The van der Waals surface area contributed by atoms with E-state index in [4.69, 9.17) is 4.74 Å². The van der Waals surface area contributed by atoms with E-state index in [0.29, 0.717) is 0 Å². The lowest BCUT2D eigenvalue weighted by molar-refractivity contribution is 0.415. The summed E-state index contributed by atoms with van der Waals surface area (Å²) < 4.78 is 5.19. The van der Waals surface area contributed by atoms with Crippen LogP contribution in [0.1, 0.15) is 5.56 Å². The number of benzene rings is 2. The minimum Gasteiger partial charge on any atom is -0.497 e. The van der Waals surface area contributed by atoms with Crippen molar-refractivity contribution in [3.63, 3.8) is 0 Å². The van der Waals surface area contributed by atoms with E-state index in [1.807, 2.05) is 42.5 Å². The van der Waals surface area contributed by atoms with Crippen LogP contribution in [0.3, 0.4) is 0 Å². The Morgan fingerprint density at radius 3 is 2.71 bits per heavy atom. The second-order valence-corrected chi connectivity index (χ2v) is 5.41. The van der Waals surface area contributed by atoms with E-state index in [-0.39, 0.29) is 0 Å². The van der Waals surface area contributed by atoms with Gasteiger partial charge in [-0.1, -0.05) is 48.2 Å². The molecular formula is C16H15N3OS. The van der Waals surface area contributed by atoms with Crippen LogP contribution in [0.2, 0.25) is 0 Å². The molecule has 1 aliphatic rings. The molecule has 0 aromatic heterocycles. The number of nitrogens with zero attached hydrogens (tertiary/aromatic N) is 2. The normalized spacial score (nSPS) is 16.2. The molecule has 2 aromatic rings. The van der Waals surface area contributed by atoms with E-state index in [1.54, 1.807) is 18.9 Å². The molecule has 21 heavy (non-hydrogen) atoms. The Labute approximate surface area is 127 Å². The van der Waals surface area contributed by atoms with Crippen LogP contribution in [-0.4, -0.2) is 23.7 Å². The summed E-state index contributed by atoms with van der Waals surface area (Å²) in [5.74, 6) is 1.60. The molecule has 1 aliphatic heterocycles. The van der Waals surface area contributed by atoms with Crippen molar-refractivity contribution in [3.8, 4) is 5.75 Å². The monoisotopic (exact) mass is 297 g/mol. The van der Waals surface area contributed by atoms with Crippen LogP contribution in [0.25, 0.3) is 0 Å². The lowest BCUT2D eigenvalue weighted by Crippen LogP contribution is -2.25. The average molecular weight is 297 g/mol. The number of rotatable bonds is 3. The number of amidine groups is 1. The van der Waals surface area contributed by atoms with Gasteiger partial charge in [0.1, 0.15) is 5.75 Å². The number of hydrogen-bond donors (Lipinski definition) is 1. The Balaban J connectivity index is 1.75. The first-order valence-corrected chi connectivity index (χ1v) is 7.57. The minimum absolute atomic E-state index is 0.794. The van der Waals surface area contributed by atoms with Gasteiger partial charge < -0.3 is 4.74 Å². The molecule has 0 unspecified atom stereocenters. The van der Waals surface area contributed by atoms with Crippen LogP contribution in [0.15, 0.2) is 64.7 Å². The highest BCUT2D eigenvalue weighted by atomic mass is 32.2. The first-order chi connectivity index (χ1) is 10.3. The first kappa shape index (κ1) is 13.7. The quantitative estimate of drug-likeness (QED) is 0.944. The third kappa shape index (κ3) is 3.44. The van der Waals surface area contributed by atoms with E-state index < -0.39 is 0 Å². The van der Waals surface area contributed by atoms with Crippen LogP contribution in [0, 0.1) is 0 Å². The summed E-state index contributed by atoms with van der Waals surface area (Å²) in [6.07, 6.45) is 0. The van der Waals surface area contributed by atoms with E-state index in [9.17, 15) is 0 Å². The fourth-order valence-electron chi connectivity index (χ4n) is 1.95. The fourth-order valence-corrected chi connectivity index (χ4v) is 2.73. The number of hydrazone groups is 1. The molecule has 106 valence electrons. The lowest BCUT2D eigenvalue weighted by atomic mass is 10.1. The van der Waals surface area contributed by atoms with Crippen LogP contribution >= 0.6 is 11.8 Å². The molecule has 2 aromatic carbocycles. The highest BCUT2D eigenvalue weighted by Gasteiger charge is 2.12. The van der Waals surface area contributed by atoms with E-state index in [0.717, 1.165) is 33.6 Å². The molecule has 0 radical (unpaired) electrons.